The van der Waals surface area contributed by atoms with Gasteiger partial charge in [0.15, 0.2) is 0 Å². The Morgan fingerprint density at radius 1 is 1.38 bits per heavy atom. The molecule has 4 heteroatoms. The third-order valence-corrected chi connectivity index (χ3v) is 3.37. The van der Waals surface area contributed by atoms with Crippen LogP contribution >= 0.6 is 11.6 Å². The second kappa shape index (κ2) is 5.04. The van der Waals surface area contributed by atoms with E-state index in [4.69, 9.17) is 11.6 Å². The number of phenols is 1. The van der Waals surface area contributed by atoms with Crippen molar-refractivity contribution in [1.82, 2.24) is 10.2 Å². The first-order valence-corrected chi connectivity index (χ1v) is 5.95. The molecule has 0 aliphatic carbocycles. The summed E-state index contributed by atoms with van der Waals surface area (Å²) in [4.78, 5) is 2.32. The number of hydrogen-bond donors (Lipinski definition) is 2. The standard InChI is InChI=1S/C12H17ClN2O/c1-9-6-12(16)10(7-11(9)13)8-15-4-2-14-3-5-15/h6-7,14,16H,2-5,8H2,1H3. The van der Waals surface area contributed by atoms with E-state index < -0.39 is 0 Å². The molecule has 0 bridgehead atoms. The van der Waals surface area contributed by atoms with Gasteiger partial charge in [0.1, 0.15) is 5.75 Å². The Hall–Kier alpha value is -0.770. The minimum absolute atomic E-state index is 0.348. The molecule has 3 nitrogen and oxygen atoms in total. The van der Waals surface area contributed by atoms with Gasteiger partial charge in [0, 0.05) is 43.3 Å². The maximum Gasteiger partial charge on any atom is 0.120 e. The number of nitrogens with zero attached hydrogens (tertiary/aromatic N) is 1. The lowest BCUT2D eigenvalue weighted by molar-refractivity contribution is 0.230. The van der Waals surface area contributed by atoms with Crippen molar-refractivity contribution in [1.29, 1.82) is 0 Å². The molecule has 1 aromatic rings. The van der Waals surface area contributed by atoms with Gasteiger partial charge in [-0.2, -0.15) is 0 Å². The number of halogens is 1. The lowest BCUT2D eigenvalue weighted by Crippen LogP contribution is -2.42. The third-order valence-electron chi connectivity index (χ3n) is 2.96. The van der Waals surface area contributed by atoms with Crippen molar-refractivity contribution < 1.29 is 5.11 Å². The first kappa shape index (κ1) is 11.7. The predicted molar refractivity (Wildman–Crippen MR) is 66.0 cm³/mol. The van der Waals surface area contributed by atoms with E-state index in [1.807, 2.05) is 13.0 Å². The van der Waals surface area contributed by atoms with Crippen LogP contribution in [-0.4, -0.2) is 36.2 Å². The number of aromatic hydroxyl groups is 1. The van der Waals surface area contributed by atoms with Crippen LogP contribution in [0.4, 0.5) is 0 Å². The maximum atomic E-state index is 9.85. The van der Waals surface area contributed by atoms with Crippen LogP contribution < -0.4 is 5.32 Å². The van der Waals surface area contributed by atoms with Gasteiger partial charge in [0.2, 0.25) is 0 Å². The largest absolute Gasteiger partial charge is 0.508 e. The molecule has 16 heavy (non-hydrogen) atoms. The fraction of sp³-hybridized carbons (Fsp3) is 0.500. The zero-order valence-corrected chi connectivity index (χ0v) is 10.2. The highest BCUT2D eigenvalue weighted by Gasteiger charge is 2.13. The summed E-state index contributed by atoms with van der Waals surface area (Å²) < 4.78 is 0. The first-order chi connectivity index (χ1) is 7.66. The van der Waals surface area contributed by atoms with Crippen LogP contribution in [0.25, 0.3) is 0 Å². The molecule has 1 heterocycles. The van der Waals surface area contributed by atoms with E-state index in [0.29, 0.717) is 5.75 Å². The minimum atomic E-state index is 0.348. The zero-order valence-electron chi connectivity index (χ0n) is 9.46. The Kier molecular flexibility index (Phi) is 3.69. The average molecular weight is 241 g/mol. The van der Waals surface area contributed by atoms with Gasteiger partial charge in [-0.1, -0.05) is 11.6 Å². The van der Waals surface area contributed by atoms with Crippen molar-refractivity contribution >= 4 is 11.6 Å². The molecule has 0 atom stereocenters. The fourth-order valence-electron chi connectivity index (χ4n) is 1.94. The number of piperazine rings is 1. The van der Waals surface area contributed by atoms with Crippen LogP contribution in [0.3, 0.4) is 0 Å². The highest BCUT2D eigenvalue weighted by atomic mass is 35.5. The van der Waals surface area contributed by atoms with Crippen LogP contribution in [0.1, 0.15) is 11.1 Å². The average Bonchev–Trinajstić information content (AvgIpc) is 2.27. The monoisotopic (exact) mass is 240 g/mol. The molecule has 0 amide bonds. The Labute approximate surface area is 101 Å². The molecular formula is C12H17ClN2O. The van der Waals surface area contributed by atoms with Gasteiger partial charge in [-0.3, -0.25) is 4.90 Å². The Balaban J connectivity index is 2.11. The summed E-state index contributed by atoms with van der Waals surface area (Å²) in [6.07, 6.45) is 0. The molecule has 1 aliphatic heterocycles. The van der Waals surface area contributed by atoms with Crippen LogP contribution in [-0.2, 0) is 6.54 Å². The van der Waals surface area contributed by atoms with E-state index in [0.717, 1.165) is 48.9 Å². The molecule has 0 saturated carbocycles. The van der Waals surface area contributed by atoms with Crippen LogP contribution in [0.5, 0.6) is 5.75 Å². The summed E-state index contributed by atoms with van der Waals surface area (Å²) in [5.41, 5.74) is 1.83. The molecule has 0 spiro atoms. The summed E-state index contributed by atoms with van der Waals surface area (Å²) in [7, 11) is 0. The fourth-order valence-corrected chi connectivity index (χ4v) is 2.13. The highest BCUT2D eigenvalue weighted by Crippen LogP contribution is 2.26. The molecule has 1 aromatic carbocycles. The van der Waals surface area contributed by atoms with Crippen LogP contribution in [0, 0.1) is 6.92 Å². The third kappa shape index (κ3) is 2.67. The molecule has 0 unspecified atom stereocenters. The summed E-state index contributed by atoms with van der Waals surface area (Å²) in [6.45, 7) is 6.74. The molecule has 2 N–H and O–H groups in total. The summed E-state index contributed by atoms with van der Waals surface area (Å²) in [5.74, 6) is 0.348. The van der Waals surface area contributed by atoms with Crippen molar-refractivity contribution in [3.05, 3.63) is 28.3 Å². The van der Waals surface area contributed by atoms with Crippen molar-refractivity contribution in [2.75, 3.05) is 26.2 Å². The highest BCUT2D eigenvalue weighted by molar-refractivity contribution is 6.31. The van der Waals surface area contributed by atoms with Crippen LogP contribution in [0.15, 0.2) is 12.1 Å². The zero-order chi connectivity index (χ0) is 11.5. The number of aryl methyl sites for hydroxylation is 1. The molecule has 1 saturated heterocycles. The quantitative estimate of drug-likeness (QED) is 0.827. The van der Waals surface area contributed by atoms with Crippen LogP contribution in [0.2, 0.25) is 5.02 Å². The molecule has 0 radical (unpaired) electrons. The molecular weight excluding hydrogens is 224 g/mol. The topological polar surface area (TPSA) is 35.5 Å². The predicted octanol–water partition coefficient (Wildman–Crippen LogP) is 1.76. The number of nitrogens with one attached hydrogen (secondary N) is 1. The SMILES string of the molecule is Cc1cc(O)c(CN2CCNCC2)cc1Cl. The van der Waals surface area contributed by atoms with Gasteiger partial charge in [-0.25, -0.2) is 0 Å². The molecule has 2 rings (SSSR count). The van der Waals surface area contributed by atoms with E-state index >= 15 is 0 Å². The molecule has 1 aliphatic rings. The lowest BCUT2D eigenvalue weighted by Gasteiger charge is -2.27. The number of benzene rings is 1. The second-order valence-electron chi connectivity index (χ2n) is 4.26. The number of phenolic OH excluding ortho intramolecular Hbond substituents is 1. The van der Waals surface area contributed by atoms with Gasteiger partial charge in [0.25, 0.3) is 0 Å². The Morgan fingerprint density at radius 2 is 2.06 bits per heavy atom. The van der Waals surface area contributed by atoms with Gasteiger partial charge in [-0.15, -0.1) is 0 Å². The normalized spacial score (nSPS) is 17.6. The van der Waals surface area contributed by atoms with Crippen molar-refractivity contribution in [3.8, 4) is 5.75 Å². The first-order valence-electron chi connectivity index (χ1n) is 5.58. The van der Waals surface area contributed by atoms with Crippen molar-refractivity contribution in [3.63, 3.8) is 0 Å². The van der Waals surface area contributed by atoms with Gasteiger partial charge < -0.3 is 10.4 Å². The smallest absolute Gasteiger partial charge is 0.120 e. The molecule has 1 fully saturated rings. The van der Waals surface area contributed by atoms with E-state index in [-0.39, 0.29) is 0 Å². The Morgan fingerprint density at radius 3 is 2.75 bits per heavy atom. The van der Waals surface area contributed by atoms with Crippen molar-refractivity contribution in [2.45, 2.75) is 13.5 Å². The van der Waals surface area contributed by atoms with E-state index in [2.05, 4.69) is 10.2 Å². The number of rotatable bonds is 2. The van der Waals surface area contributed by atoms with Gasteiger partial charge in [0.05, 0.1) is 0 Å². The lowest BCUT2D eigenvalue weighted by atomic mass is 10.1. The summed E-state index contributed by atoms with van der Waals surface area (Å²) in [6, 6.07) is 3.61. The van der Waals surface area contributed by atoms with E-state index in [9.17, 15) is 5.11 Å². The van der Waals surface area contributed by atoms with Gasteiger partial charge in [-0.05, 0) is 24.6 Å². The summed E-state index contributed by atoms with van der Waals surface area (Å²) in [5, 5.41) is 13.9. The molecule has 88 valence electrons. The maximum absolute atomic E-state index is 9.85. The summed E-state index contributed by atoms with van der Waals surface area (Å²) >= 11 is 6.06. The number of hydrogen-bond acceptors (Lipinski definition) is 3. The Bertz CT molecular complexity index is 376. The van der Waals surface area contributed by atoms with E-state index in [1.165, 1.54) is 0 Å². The second-order valence-corrected chi connectivity index (χ2v) is 4.66. The molecule has 0 aromatic heterocycles. The van der Waals surface area contributed by atoms with Crippen molar-refractivity contribution in [2.24, 2.45) is 0 Å². The minimum Gasteiger partial charge on any atom is -0.508 e. The van der Waals surface area contributed by atoms with Gasteiger partial charge >= 0.3 is 0 Å². The van der Waals surface area contributed by atoms with E-state index in [1.54, 1.807) is 6.07 Å².